The predicted octanol–water partition coefficient (Wildman–Crippen LogP) is 2.81. The summed E-state index contributed by atoms with van der Waals surface area (Å²) in [6.45, 7) is 6.67. The van der Waals surface area contributed by atoms with Crippen molar-refractivity contribution in [2.24, 2.45) is 0 Å². The maximum atomic E-state index is 4.51. The van der Waals surface area contributed by atoms with Gasteiger partial charge < -0.3 is 5.32 Å². The molecular weight excluding hydrogens is 246 g/mol. The highest BCUT2D eigenvalue weighted by molar-refractivity contribution is 5.81. The quantitative estimate of drug-likeness (QED) is 0.904. The third-order valence-corrected chi connectivity index (χ3v) is 4.32. The molecule has 20 heavy (non-hydrogen) atoms. The molecule has 1 N–H and O–H groups in total. The fourth-order valence-electron chi connectivity index (χ4n) is 3.23. The molecule has 2 aromatic rings. The SMILES string of the molecule is CCN1CCCC1CNCc1cccc2cccnc12. The number of rotatable bonds is 5. The normalized spacial score (nSPS) is 19.8. The van der Waals surface area contributed by atoms with E-state index in [0.29, 0.717) is 6.04 Å². The van der Waals surface area contributed by atoms with E-state index in [4.69, 9.17) is 0 Å². The largest absolute Gasteiger partial charge is 0.311 e. The lowest BCUT2D eigenvalue weighted by molar-refractivity contribution is 0.260. The molecule has 1 atom stereocenters. The molecule has 3 rings (SSSR count). The summed E-state index contributed by atoms with van der Waals surface area (Å²) in [4.78, 5) is 7.09. The van der Waals surface area contributed by atoms with Crippen LogP contribution in [0.1, 0.15) is 25.3 Å². The number of nitrogens with zero attached hydrogens (tertiary/aromatic N) is 2. The number of aromatic nitrogens is 1. The van der Waals surface area contributed by atoms with Gasteiger partial charge >= 0.3 is 0 Å². The van der Waals surface area contributed by atoms with E-state index in [0.717, 1.165) is 18.6 Å². The van der Waals surface area contributed by atoms with Crippen molar-refractivity contribution in [3.8, 4) is 0 Å². The molecule has 1 unspecified atom stereocenters. The monoisotopic (exact) mass is 269 g/mol. The van der Waals surface area contributed by atoms with Gasteiger partial charge in [0.25, 0.3) is 0 Å². The van der Waals surface area contributed by atoms with Gasteiger partial charge in [0, 0.05) is 30.7 Å². The van der Waals surface area contributed by atoms with Crippen LogP contribution >= 0.6 is 0 Å². The third kappa shape index (κ3) is 2.84. The van der Waals surface area contributed by atoms with Crippen molar-refractivity contribution in [2.45, 2.75) is 32.4 Å². The molecule has 1 aliphatic rings. The van der Waals surface area contributed by atoms with Crippen LogP contribution in [0.2, 0.25) is 0 Å². The predicted molar refractivity (Wildman–Crippen MR) is 83.7 cm³/mol. The molecular formula is C17H23N3. The minimum absolute atomic E-state index is 0.711. The number of benzene rings is 1. The number of hydrogen-bond donors (Lipinski definition) is 1. The van der Waals surface area contributed by atoms with Crippen LogP contribution in [0.3, 0.4) is 0 Å². The Hall–Kier alpha value is -1.45. The van der Waals surface area contributed by atoms with Gasteiger partial charge in [0.15, 0.2) is 0 Å². The Balaban J connectivity index is 1.63. The molecule has 0 radical (unpaired) electrons. The van der Waals surface area contributed by atoms with Gasteiger partial charge in [0.05, 0.1) is 5.52 Å². The summed E-state index contributed by atoms with van der Waals surface area (Å²) < 4.78 is 0. The topological polar surface area (TPSA) is 28.2 Å². The average molecular weight is 269 g/mol. The van der Waals surface area contributed by atoms with E-state index in [1.807, 2.05) is 12.3 Å². The molecule has 2 heterocycles. The van der Waals surface area contributed by atoms with E-state index < -0.39 is 0 Å². The maximum Gasteiger partial charge on any atom is 0.0746 e. The van der Waals surface area contributed by atoms with E-state index in [9.17, 15) is 0 Å². The molecule has 106 valence electrons. The molecule has 1 fully saturated rings. The highest BCUT2D eigenvalue weighted by Gasteiger charge is 2.22. The molecule has 0 spiro atoms. The Bertz CT molecular complexity index is 562. The molecule has 3 nitrogen and oxygen atoms in total. The number of likely N-dealkylation sites (N-methyl/N-ethyl adjacent to an activating group) is 1. The first-order chi connectivity index (χ1) is 9.88. The van der Waals surface area contributed by atoms with Crippen LogP contribution in [0, 0.1) is 0 Å². The zero-order chi connectivity index (χ0) is 13.8. The van der Waals surface area contributed by atoms with Crippen molar-refractivity contribution in [3.05, 3.63) is 42.1 Å². The Labute approximate surface area is 121 Å². The van der Waals surface area contributed by atoms with Crippen LogP contribution in [0.4, 0.5) is 0 Å². The third-order valence-electron chi connectivity index (χ3n) is 4.32. The van der Waals surface area contributed by atoms with Crippen LogP contribution in [-0.4, -0.2) is 35.6 Å². The second-order valence-electron chi connectivity index (χ2n) is 5.55. The fourth-order valence-corrected chi connectivity index (χ4v) is 3.23. The average Bonchev–Trinajstić information content (AvgIpc) is 2.95. The highest BCUT2D eigenvalue weighted by atomic mass is 15.2. The van der Waals surface area contributed by atoms with Crippen LogP contribution in [0.25, 0.3) is 10.9 Å². The molecule has 0 aliphatic carbocycles. The van der Waals surface area contributed by atoms with Crippen molar-refractivity contribution in [1.29, 1.82) is 0 Å². The number of likely N-dealkylation sites (tertiary alicyclic amines) is 1. The van der Waals surface area contributed by atoms with Gasteiger partial charge in [-0.1, -0.05) is 31.2 Å². The summed E-state index contributed by atoms with van der Waals surface area (Å²) in [5.74, 6) is 0. The van der Waals surface area contributed by atoms with E-state index in [1.54, 1.807) is 0 Å². The van der Waals surface area contributed by atoms with E-state index in [1.165, 1.54) is 36.9 Å². The summed E-state index contributed by atoms with van der Waals surface area (Å²) in [5, 5.41) is 4.84. The summed E-state index contributed by atoms with van der Waals surface area (Å²) in [6, 6.07) is 11.3. The minimum atomic E-state index is 0.711. The lowest BCUT2D eigenvalue weighted by atomic mass is 10.1. The molecule has 3 heteroatoms. The van der Waals surface area contributed by atoms with Gasteiger partial charge in [-0.25, -0.2) is 0 Å². The van der Waals surface area contributed by atoms with Gasteiger partial charge in [0.2, 0.25) is 0 Å². The van der Waals surface area contributed by atoms with E-state index in [-0.39, 0.29) is 0 Å². The van der Waals surface area contributed by atoms with Crippen LogP contribution in [0.15, 0.2) is 36.5 Å². The molecule has 0 saturated carbocycles. The number of fused-ring (bicyclic) bond motifs is 1. The molecule has 1 aromatic carbocycles. The molecule has 0 bridgehead atoms. The first-order valence-electron chi connectivity index (χ1n) is 7.66. The summed E-state index contributed by atoms with van der Waals surface area (Å²) in [7, 11) is 0. The van der Waals surface area contributed by atoms with Crippen molar-refractivity contribution in [2.75, 3.05) is 19.6 Å². The Morgan fingerprint density at radius 2 is 2.20 bits per heavy atom. The number of para-hydroxylation sites is 1. The van der Waals surface area contributed by atoms with Gasteiger partial charge in [-0.05, 0) is 37.6 Å². The van der Waals surface area contributed by atoms with Gasteiger partial charge in [-0.15, -0.1) is 0 Å². The summed E-state index contributed by atoms with van der Waals surface area (Å²) >= 11 is 0. The number of hydrogen-bond acceptors (Lipinski definition) is 3. The van der Waals surface area contributed by atoms with Crippen molar-refractivity contribution < 1.29 is 0 Å². The molecule has 1 aromatic heterocycles. The molecule has 0 amide bonds. The Morgan fingerprint density at radius 3 is 3.10 bits per heavy atom. The smallest absolute Gasteiger partial charge is 0.0746 e. The zero-order valence-corrected chi connectivity index (χ0v) is 12.2. The van der Waals surface area contributed by atoms with Crippen molar-refractivity contribution >= 4 is 10.9 Å². The van der Waals surface area contributed by atoms with Crippen LogP contribution in [-0.2, 0) is 6.54 Å². The summed E-state index contributed by atoms with van der Waals surface area (Å²) in [6.07, 6.45) is 4.55. The van der Waals surface area contributed by atoms with Gasteiger partial charge in [-0.2, -0.15) is 0 Å². The van der Waals surface area contributed by atoms with Gasteiger partial charge in [-0.3, -0.25) is 9.88 Å². The first-order valence-corrected chi connectivity index (χ1v) is 7.66. The van der Waals surface area contributed by atoms with Crippen LogP contribution in [0.5, 0.6) is 0 Å². The second-order valence-corrected chi connectivity index (χ2v) is 5.55. The second kappa shape index (κ2) is 6.33. The highest BCUT2D eigenvalue weighted by Crippen LogP contribution is 2.17. The van der Waals surface area contributed by atoms with Crippen LogP contribution < -0.4 is 5.32 Å². The lowest BCUT2D eigenvalue weighted by Crippen LogP contribution is -2.37. The Kier molecular flexibility index (Phi) is 4.28. The fraction of sp³-hybridized carbons (Fsp3) is 0.471. The Morgan fingerprint density at radius 1 is 1.30 bits per heavy atom. The molecule has 1 saturated heterocycles. The zero-order valence-electron chi connectivity index (χ0n) is 12.2. The summed E-state index contributed by atoms with van der Waals surface area (Å²) in [5.41, 5.74) is 2.42. The van der Waals surface area contributed by atoms with Gasteiger partial charge in [0.1, 0.15) is 0 Å². The van der Waals surface area contributed by atoms with Crippen molar-refractivity contribution in [1.82, 2.24) is 15.2 Å². The molecule has 1 aliphatic heterocycles. The first kappa shape index (κ1) is 13.5. The van der Waals surface area contributed by atoms with E-state index in [2.05, 4.69) is 46.4 Å². The van der Waals surface area contributed by atoms with Crippen molar-refractivity contribution in [3.63, 3.8) is 0 Å². The minimum Gasteiger partial charge on any atom is -0.311 e. The number of nitrogens with one attached hydrogen (secondary N) is 1. The number of pyridine rings is 1. The van der Waals surface area contributed by atoms with E-state index >= 15 is 0 Å². The maximum absolute atomic E-state index is 4.51. The lowest BCUT2D eigenvalue weighted by Gasteiger charge is -2.23. The standard InChI is InChI=1S/C17H23N3/c1-2-20-11-5-9-16(20)13-18-12-15-7-3-6-14-8-4-10-19-17(14)15/h3-4,6-8,10,16,18H,2,5,9,11-13H2,1H3.